The summed E-state index contributed by atoms with van der Waals surface area (Å²) in [5.74, 6) is 0.128. The van der Waals surface area contributed by atoms with Gasteiger partial charge in [0.2, 0.25) is 5.91 Å². The van der Waals surface area contributed by atoms with Crippen molar-refractivity contribution in [3.8, 4) is 6.07 Å². The molecule has 2 rings (SSSR count). The molecule has 106 valence electrons. The molecule has 0 saturated carbocycles. The lowest BCUT2D eigenvalue weighted by atomic mass is 10.1. The van der Waals surface area contributed by atoms with Crippen LogP contribution in [0.1, 0.15) is 24.8 Å². The van der Waals surface area contributed by atoms with Gasteiger partial charge >= 0.3 is 0 Å². The van der Waals surface area contributed by atoms with Crippen molar-refractivity contribution < 1.29 is 4.79 Å². The molecule has 1 aliphatic rings. The Morgan fingerprint density at radius 2 is 2.10 bits per heavy atom. The fraction of sp³-hybridized carbons (Fsp3) is 0.467. The maximum Gasteiger partial charge on any atom is 0.241 e. The third-order valence-corrected chi connectivity index (χ3v) is 3.56. The topological polar surface area (TPSA) is 82.2 Å². The first-order chi connectivity index (χ1) is 9.70. The van der Waals surface area contributed by atoms with Gasteiger partial charge < -0.3 is 16.0 Å². The average Bonchev–Trinajstić information content (AvgIpc) is 2.49. The fourth-order valence-electron chi connectivity index (χ4n) is 2.39. The van der Waals surface area contributed by atoms with Crippen LogP contribution in [0.2, 0.25) is 0 Å². The van der Waals surface area contributed by atoms with Crippen molar-refractivity contribution in [1.29, 1.82) is 5.26 Å². The lowest BCUT2D eigenvalue weighted by Crippen LogP contribution is -2.39. The van der Waals surface area contributed by atoms with Crippen LogP contribution in [0.15, 0.2) is 18.2 Å². The van der Waals surface area contributed by atoms with Gasteiger partial charge in [0.1, 0.15) is 0 Å². The third-order valence-electron chi connectivity index (χ3n) is 3.56. The molecular formula is C15H20N4O. The first-order valence-electron chi connectivity index (χ1n) is 6.97. The van der Waals surface area contributed by atoms with E-state index in [9.17, 15) is 4.79 Å². The first-order valence-corrected chi connectivity index (χ1v) is 6.97. The number of piperidine rings is 1. The lowest BCUT2D eigenvalue weighted by Gasteiger charge is -2.27. The highest BCUT2D eigenvalue weighted by molar-refractivity contribution is 5.81. The molecule has 5 nitrogen and oxygen atoms in total. The van der Waals surface area contributed by atoms with Gasteiger partial charge in [-0.2, -0.15) is 5.26 Å². The number of nitriles is 1. The zero-order valence-electron chi connectivity index (χ0n) is 11.6. The minimum absolute atomic E-state index is 0.128. The smallest absolute Gasteiger partial charge is 0.241 e. The van der Waals surface area contributed by atoms with Crippen LogP contribution in [0.25, 0.3) is 0 Å². The van der Waals surface area contributed by atoms with E-state index in [1.54, 1.807) is 6.07 Å². The van der Waals surface area contributed by atoms with E-state index in [0.717, 1.165) is 37.2 Å². The van der Waals surface area contributed by atoms with Crippen LogP contribution >= 0.6 is 0 Å². The number of rotatable bonds is 4. The molecule has 20 heavy (non-hydrogen) atoms. The van der Waals surface area contributed by atoms with Crippen LogP contribution in [0, 0.1) is 11.3 Å². The summed E-state index contributed by atoms with van der Waals surface area (Å²) in [5.41, 5.74) is 8.03. The van der Waals surface area contributed by atoms with Gasteiger partial charge in [-0.3, -0.25) is 4.79 Å². The van der Waals surface area contributed by atoms with Gasteiger partial charge in [-0.15, -0.1) is 0 Å². The molecule has 0 radical (unpaired) electrons. The number of nitrogen functional groups attached to an aromatic ring is 1. The summed E-state index contributed by atoms with van der Waals surface area (Å²) in [5, 5.41) is 11.8. The zero-order chi connectivity index (χ0) is 14.4. The summed E-state index contributed by atoms with van der Waals surface area (Å²) < 4.78 is 0. The second-order valence-electron chi connectivity index (χ2n) is 5.04. The molecule has 1 aromatic rings. The van der Waals surface area contributed by atoms with Gasteiger partial charge in [-0.25, -0.2) is 0 Å². The highest BCUT2D eigenvalue weighted by atomic mass is 16.2. The minimum atomic E-state index is 0.128. The number of nitrogens with zero attached hydrogens (tertiary/aromatic N) is 2. The van der Waals surface area contributed by atoms with Crippen molar-refractivity contribution in [2.24, 2.45) is 0 Å². The van der Waals surface area contributed by atoms with Crippen molar-refractivity contribution in [1.82, 2.24) is 4.90 Å². The van der Waals surface area contributed by atoms with Crippen LogP contribution in [0.5, 0.6) is 0 Å². The van der Waals surface area contributed by atoms with Crippen LogP contribution in [0.3, 0.4) is 0 Å². The lowest BCUT2D eigenvalue weighted by molar-refractivity contribution is -0.130. The fourth-order valence-corrected chi connectivity index (χ4v) is 2.39. The van der Waals surface area contributed by atoms with E-state index >= 15 is 0 Å². The Balaban J connectivity index is 1.91. The van der Waals surface area contributed by atoms with E-state index in [1.807, 2.05) is 17.0 Å². The summed E-state index contributed by atoms with van der Waals surface area (Å²) in [6.45, 7) is 2.01. The average molecular weight is 272 g/mol. The molecule has 0 atom stereocenters. The zero-order valence-corrected chi connectivity index (χ0v) is 11.6. The number of hydrogen-bond acceptors (Lipinski definition) is 4. The van der Waals surface area contributed by atoms with Gasteiger partial charge in [0.15, 0.2) is 0 Å². The standard InChI is InChI=1S/C15H20N4O/c16-7-6-12-10-13(4-5-14(12)17)18-11-15(20)19-8-2-1-3-9-19/h4-5,10,18H,1-3,6,8-9,11,17H2. The Morgan fingerprint density at radius 1 is 1.35 bits per heavy atom. The van der Waals surface area contributed by atoms with Crippen LogP contribution in [-0.2, 0) is 11.2 Å². The summed E-state index contributed by atoms with van der Waals surface area (Å²) in [4.78, 5) is 13.9. The molecule has 0 bridgehead atoms. The van der Waals surface area contributed by atoms with Crippen LogP contribution in [0.4, 0.5) is 11.4 Å². The number of hydrogen-bond donors (Lipinski definition) is 2. The normalized spacial score (nSPS) is 14.7. The summed E-state index contributed by atoms with van der Waals surface area (Å²) >= 11 is 0. The molecule has 1 amide bonds. The molecule has 5 heteroatoms. The molecule has 1 aliphatic heterocycles. The van der Waals surface area contributed by atoms with Gasteiger partial charge in [0, 0.05) is 24.5 Å². The third kappa shape index (κ3) is 3.64. The number of nitrogens with two attached hydrogens (primary N) is 1. The Bertz CT molecular complexity index is 515. The van der Waals surface area contributed by atoms with Crippen molar-refractivity contribution in [3.63, 3.8) is 0 Å². The Kier molecular flexibility index (Phi) is 4.83. The van der Waals surface area contributed by atoms with Crippen LogP contribution < -0.4 is 11.1 Å². The largest absolute Gasteiger partial charge is 0.398 e. The number of carbonyl (C=O) groups excluding carboxylic acids is 1. The Labute approximate surface area is 119 Å². The number of amides is 1. The number of anilines is 2. The summed E-state index contributed by atoms with van der Waals surface area (Å²) in [6.07, 6.45) is 3.69. The maximum absolute atomic E-state index is 12.0. The van der Waals surface area contributed by atoms with E-state index in [2.05, 4.69) is 11.4 Å². The molecule has 0 aromatic heterocycles. The van der Waals surface area contributed by atoms with E-state index in [1.165, 1.54) is 6.42 Å². The SMILES string of the molecule is N#CCc1cc(NCC(=O)N2CCCCC2)ccc1N. The molecule has 0 aliphatic carbocycles. The molecule has 1 saturated heterocycles. The van der Waals surface area contributed by atoms with E-state index < -0.39 is 0 Å². The van der Waals surface area contributed by atoms with E-state index in [0.29, 0.717) is 5.69 Å². The summed E-state index contributed by atoms with van der Waals surface area (Å²) in [6, 6.07) is 7.52. The maximum atomic E-state index is 12.0. The van der Waals surface area contributed by atoms with E-state index in [4.69, 9.17) is 11.0 Å². The van der Waals surface area contributed by atoms with Gasteiger partial charge in [-0.1, -0.05) is 0 Å². The van der Waals surface area contributed by atoms with Crippen molar-refractivity contribution in [3.05, 3.63) is 23.8 Å². The van der Waals surface area contributed by atoms with Crippen molar-refractivity contribution in [2.75, 3.05) is 30.7 Å². The first kappa shape index (κ1) is 14.2. The van der Waals surface area contributed by atoms with Crippen molar-refractivity contribution in [2.45, 2.75) is 25.7 Å². The number of benzene rings is 1. The molecule has 0 spiro atoms. The van der Waals surface area contributed by atoms with Crippen molar-refractivity contribution >= 4 is 17.3 Å². The molecule has 1 fully saturated rings. The number of likely N-dealkylation sites (tertiary alicyclic amines) is 1. The molecular weight excluding hydrogens is 252 g/mol. The van der Waals surface area contributed by atoms with Gasteiger partial charge in [0.25, 0.3) is 0 Å². The predicted octanol–water partition coefficient (Wildman–Crippen LogP) is 1.76. The minimum Gasteiger partial charge on any atom is -0.398 e. The van der Waals surface area contributed by atoms with E-state index in [-0.39, 0.29) is 18.9 Å². The molecule has 1 aromatic carbocycles. The van der Waals surface area contributed by atoms with Gasteiger partial charge in [-0.05, 0) is 43.0 Å². The highest BCUT2D eigenvalue weighted by Gasteiger charge is 2.15. The van der Waals surface area contributed by atoms with Crippen LogP contribution in [-0.4, -0.2) is 30.4 Å². The highest BCUT2D eigenvalue weighted by Crippen LogP contribution is 2.18. The monoisotopic (exact) mass is 272 g/mol. The second kappa shape index (κ2) is 6.80. The summed E-state index contributed by atoms with van der Waals surface area (Å²) in [7, 11) is 0. The molecule has 0 unspecified atom stereocenters. The molecule has 3 N–H and O–H groups in total. The quantitative estimate of drug-likeness (QED) is 0.818. The van der Waals surface area contributed by atoms with Gasteiger partial charge in [0.05, 0.1) is 19.0 Å². The predicted molar refractivity (Wildman–Crippen MR) is 79.1 cm³/mol. The Hall–Kier alpha value is -2.22. The Morgan fingerprint density at radius 3 is 2.80 bits per heavy atom. The molecule has 1 heterocycles. The number of carbonyl (C=O) groups is 1. The second-order valence-corrected chi connectivity index (χ2v) is 5.04. The number of nitrogens with one attached hydrogen (secondary N) is 1.